The fourth-order valence-electron chi connectivity index (χ4n) is 2.67. The van der Waals surface area contributed by atoms with E-state index in [9.17, 15) is 4.79 Å². The number of hydrogen-bond acceptors (Lipinski definition) is 4. The van der Waals surface area contributed by atoms with Gasteiger partial charge in [-0.05, 0) is 38.5 Å². The molecule has 22 heavy (non-hydrogen) atoms. The summed E-state index contributed by atoms with van der Waals surface area (Å²) in [7, 11) is 1.46. The molecule has 1 N–H and O–H groups in total. The van der Waals surface area contributed by atoms with Crippen LogP contribution in [-0.4, -0.2) is 63.3 Å². The number of esters is 1. The summed E-state index contributed by atoms with van der Waals surface area (Å²) in [6.45, 7) is 6.86. The van der Waals surface area contributed by atoms with Crippen LogP contribution in [0.3, 0.4) is 0 Å². The maximum absolute atomic E-state index is 11.6. The van der Waals surface area contributed by atoms with E-state index < -0.39 is 0 Å². The smallest absolute Gasteiger partial charge is 0.308 e. The minimum atomic E-state index is -0.0879. The fraction of sp³-hybridized carbons (Fsp3) is 0.875. The van der Waals surface area contributed by atoms with E-state index in [4.69, 9.17) is 9.47 Å². The standard InChI is InChI=1S/C16H29N3O3/c1-3-17-16(18-8-11-22-12-13-4-5-13)19-9-6-14(7-10-19)15(20)21-2/h13-14H,3-12H2,1-2H3,(H,17,18). The van der Waals surface area contributed by atoms with Gasteiger partial charge >= 0.3 is 5.97 Å². The highest BCUT2D eigenvalue weighted by atomic mass is 16.5. The van der Waals surface area contributed by atoms with E-state index in [2.05, 4.69) is 22.1 Å². The third kappa shape index (κ3) is 5.48. The first-order valence-electron chi connectivity index (χ1n) is 8.43. The zero-order valence-corrected chi connectivity index (χ0v) is 13.8. The zero-order chi connectivity index (χ0) is 15.8. The van der Waals surface area contributed by atoms with E-state index in [1.807, 2.05) is 0 Å². The summed E-state index contributed by atoms with van der Waals surface area (Å²) in [5.41, 5.74) is 0. The van der Waals surface area contributed by atoms with Crippen molar-refractivity contribution in [2.45, 2.75) is 32.6 Å². The SMILES string of the molecule is CCNC(=NCCOCC1CC1)N1CCC(C(=O)OC)CC1. The highest BCUT2D eigenvalue weighted by molar-refractivity contribution is 5.80. The molecule has 1 aliphatic carbocycles. The monoisotopic (exact) mass is 311 g/mol. The van der Waals surface area contributed by atoms with Gasteiger partial charge in [0.15, 0.2) is 5.96 Å². The molecule has 1 aliphatic heterocycles. The van der Waals surface area contributed by atoms with Gasteiger partial charge in [0, 0.05) is 26.2 Å². The van der Waals surface area contributed by atoms with Crippen LogP contribution in [0.4, 0.5) is 0 Å². The summed E-state index contributed by atoms with van der Waals surface area (Å²) in [6.07, 6.45) is 4.30. The van der Waals surface area contributed by atoms with Crippen molar-refractivity contribution in [1.82, 2.24) is 10.2 Å². The van der Waals surface area contributed by atoms with Gasteiger partial charge in [0.1, 0.15) is 0 Å². The van der Waals surface area contributed by atoms with Crippen LogP contribution in [0.5, 0.6) is 0 Å². The van der Waals surface area contributed by atoms with Crippen LogP contribution >= 0.6 is 0 Å². The van der Waals surface area contributed by atoms with Crippen molar-refractivity contribution in [3.8, 4) is 0 Å². The van der Waals surface area contributed by atoms with Crippen molar-refractivity contribution in [2.75, 3.05) is 46.5 Å². The third-order valence-electron chi connectivity index (χ3n) is 4.21. The second-order valence-corrected chi connectivity index (χ2v) is 6.04. The summed E-state index contributed by atoms with van der Waals surface area (Å²) >= 11 is 0. The summed E-state index contributed by atoms with van der Waals surface area (Å²) < 4.78 is 10.5. The molecule has 2 aliphatic rings. The summed E-state index contributed by atoms with van der Waals surface area (Å²) in [5.74, 6) is 1.68. The highest BCUT2D eigenvalue weighted by Crippen LogP contribution is 2.28. The van der Waals surface area contributed by atoms with Gasteiger partial charge in [0.2, 0.25) is 0 Å². The largest absolute Gasteiger partial charge is 0.469 e. The number of hydrogen-bond donors (Lipinski definition) is 1. The predicted octanol–water partition coefficient (Wildman–Crippen LogP) is 1.26. The minimum Gasteiger partial charge on any atom is -0.469 e. The summed E-state index contributed by atoms with van der Waals surface area (Å²) in [4.78, 5) is 18.4. The van der Waals surface area contributed by atoms with Crippen molar-refractivity contribution >= 4 is 11.9 Å². The van der Waals surface area contributed by atoms with E-state index in [0.717, 1.165) is 51.0 Å². The number of guanidine groups is 1. The predicted molar refractivity (Wildman–Crippen MR) is 85.8 cm³/mol. The molecule has 2 fully saturated rings. The van der Waals surface area contributed by atoms with Crippen molar-refractivity contribution in [1.29, 1.82) is 0 Å². The number of piperidine rings is 1. The molecule has 0 amide bonds. The lowest BCUT2D eigenvalue weighted by molar-refractivity contribution is -0.146. The quantitative estimate of drug-likeness (QED) is 0.332. The van der Waals surface area contributed by atoms with Gasteiger partial charge in [-0.15, -0.1) is 0 Å². The molecule has 126 valence electrons. The van der Waals surface area contributed by atoms with Crippen LogP contribution < -0.4 is 5.32 Å². The van der Waals surface area contributed by atoms with Crippen molar-refractivity contribution in [3.05, 3.63) is 0 Å². The lowest BCUT2D eigenvalue weighted by atomic mass is 9.97. The minimum absolute atomic E-state index is 0.0333. The van der Waals surface area contributed by atoms with Crippen molar-refractivity contribution in [3.63, 3.8) is 0 Å². The lowest BCUT2D eigenvalue weighted by Crippen LogP contribution is -2.46. The molecule has 0 aromatic carbocycles. The normalized spacial score (nSPS) is 20.1. The number of carbonyl (C=O) groups is 1. The molecular formula is C16H29N3O3. The van der Waals surface area contributed by atoms with Gasteiger partial charge in [0.05, 0.1) is 26.2 Å². The Labute approximate surface area is 133 Å². The summed E-state index contributed by atoms with van der Waals surface area (Å²) in [6, 6.07) is 0. The van der Waals surface area contributed by atoms with E-state index in [-0.39, 0.29) is 11.9 Å². The Bertz CT molecular complexity index is 375. The van der Waals surface area contributed by atoms with Crippen LogP contribution in [0.15, 0.2) is 4.99 Å². The van der Waals surface area contributed by atoms with Crippen LogP contribution in [-0.2, 0) is 14.3 Å². The molecule has 0 radical (unpaired) electrons. The van der Waals surface area contributed by atoms with E-state index in [1.165, 1.54) is 20.0 Å². The average molecular weight is 311 g/mol. The maximum Gasteiger partial charge on any atom is 0.308 e. The van der Waals surface area contributed by atoms with E-state index >= 15 is 0 Å². The number of carbonyl (C=O) groups excluding carboxylic acids is 1. The molecule has 0 aromatic rings. The number of likely N-dealkylation sites (tertiary alicyclic amines) is 1. The first-order chi connectivity index (χ1) is 10.7. The number of rotatable bonds is 7. The van der Waals surface area contributed by atoms with Crippen molar-refractivity contribution < 1.29 is 14.3 Å². The first kappa shape index (κ1) is 17.1. The summed E-state index contributed by atoms with van der Waals surface area (Å²) in [5, 5.41) is 3.33. The lowest BCUT2D eigenvalue weighted by Gasteiger charge is -2.33. The Morgan fingerprint density at radius 3 is 2.59 bits per heavy atom. The van der Waals surface area contributed by atoms with E-state index in [0.29, 0.717) is 13.2 Å². The van der Waals surface area contributed by atoms with Gasteiger partial charge in [0.25, 0.3) is 0 Å². The highest BCUT2D eigenvalue weighted by Gasteiger charge is 2.27. The first-order valence-corrected chi connectivity index (χ1v) is 8.43. The molecule has 0 bridgehead atoms. The van der Waals surface area contributed by atoms with Crippen LogP contribution in [0.1, 0.15) is 32.6 Å². The molecule has 6 heteroatoms. The number of nitrogens with zero attached hydrogens (tertiary/aromatic N) is 2. The topological polar surface area (TPSA) is 63.2 Å². The number of methoxy groups -OCH3 is 1. The van der Waals surface area contributed by atoms with Gasteiger partial charge < -0.3 is 19.7 Å². The second kappa shape index (κ2) is 8.98. The molecule has 0 aromatic heterocycles. The van der Waals surface area contributed by atoms with Crippen LogP contribution in [0, 0.1) is 11.8 Å². The Morgan fingerprint density at radius 2 is 2.00 bits per heavy atom. The Kier molecular flexibility index (Phi) is 6.96. The third-order valence-corrected chi connectivity index (χ3v) is 4.21. The van der Waals surface area contributed by atoms with Gasteiger partial charge in [-0.2, -0.15) is 0 Å². The maximum atomic E-state index is 11.6. The molecule has 6 nitrogen and oxygen atoms in total. The Balaban J connectivity index is 1.73. The van der Waals surface area contributed by atoms with Gasteiger partial charge in [-0.3, -0.25) is 9.79 Å². The van der Waals surface area contributed by atoms with Crippen LogP contribution in [0.25, 0.3) is 0 Å². The number of aliphatic imine (C=N–C) groups is 1. The van der Waals surface area contributed by atoms with Crippen molar-refractivity contribution in [2.24, 2.45) is 16.8 Å². The fourth-order valence-corrected chi connectivity index (χ4v) is 2.67. The van der Waals surface area contributed by atoms with Gasteiger partial charge in [-0.25, -0.2) is 0 Å². The molecule has 0 spiro atoms. The molecule has 0 atom stereocenters. The molecular weight excluding hydrogens is 282 g/mol. The molecule has 1 heterocycles. The number of ether oxygens (including phenoxy) is 2. The number of nitrogens with one attached hydrogen (secondary N) is 1. The van der Waals surface area contributed by atoms with E-state index in [1.54, 1.807) is 0 Å². The molecule has 1 saturated heterocycles. The zero-order valence-electron chi connectivity index (χ0n) is 13.8. The van der Waals surface area contributed by atoms with Crippen LogP contribution in [0.2, 0.25) is 0 Å². The molecule has 1 saturated carbocycles. The Hall–Kier alpha value is -1.30. The molecule has 2 rings (SSSR count). The molecule has 0 unspecified atom stereocenters. The Morgan fingerprint density at radius 1 is 1.27 bits per heavy atom. The average Bonchev–Trinajstić information content (AvgIpc) is 3.37. The van der Waals surface area contributed by atoms with Gasteiger partial charge in [-0.1, -0.05) is 0 Å². The second-order valence-electron chi connectivity index (χ2n) is 6.04.